The number of thiazole rings is 1. The first-order chi connectivity index (χ1) is 16.2. The molecule has 1 amide bonds. The van der Waals surface area contributed by atoms with Crippen molar-refractivity contribution in [1.82, 2.24) is 14.6 Å². The van der Waals surface area contributed by atoms with Crippen molar-refractivity contribution in [2.24, 2.45) is 0 Å². The standard InChI is InChI=1S/C24H25F2N3O3S2/c1-15-8-9-23(17-6-4-3-5-7-17)34(31,32)29(15)13-18-10-21(26)19(11-20(18)25)16(2)28-24(30)22-12-27-14-33-22/h3-7,10-12,14-16,23H,8-9,13H2,1-2H3,(H,28,30)/t15-,16?,23+/m1/s1. The first kappa shape index (κ1) is 24.4. The molecule has 6 nitrogen and oxygen atoms in total. The van der Waals surface area contributed by atoms with Crippen LogP contribution in [0.2, 0.25) is 0 Å². The van der Waals surface area contributed by atoms with Crippen LogP contribution in [0, 0.1) is 11.6 Å². The van der Waals surface area contributed by atoms with Gasteiger partial charge in [0.2, 0.25) is 10.0 Å². The van der Waals surface area contributed by atoms with Gasteiger partial charge >= 0.3 is 0 Å². The Morgan fingerprint density at radius 2 is 1.94 bits per heavy atom. The van der Waals surface area contributed by atoms with Crippen molar-refractivity contribution in [2.45, 2.75) is 50.6 Å². The lowest BCUT2D eigenvalue weighted by atomic mass is 10.0. The van der Waals surface area contributed by atoms with Gasteiger partial charge in [0.1, 0.15) is 21.8 Å². The Balaban J connectivity index is 1.56. The summed E-state index contributed by atoms with van der Waals surface area (Å²) < 4.78 is 58.1. The second-order valence-corrected chi connectivity index (χ2v) is 11.4. The molecule has 2 heterocycles. The molecule has 1 fully saturated rings. The maximum atomic E-state index is 15.0. The minimum absolute atomic E-state index is 0.0178. The summed E-state index contributed by atoms with van der Waals surface area (Å²) in [5, 5.41) is 1.91. The van der Waals surface area contributed by atoms with Crippen LogP contribution in [0.15, 0.2) is 54.2 Å². The zero-order valence-corrected chi connectivity index (χ0v) is 20.4. The van der Waals surface area contributed by atoms with Crippen LogP contribution in [0.1, 0.15) is 64.3 Å². The zero-order valence-electron chi connectivity index (χ0n) is 18.7. The van der Waals surface area contributed by atoms with Crippen LogP contribution in [0.3, 0.4) is 0 Å². The summed E-state index contributed by atoms with van der Waals surface area (Å²) in [6.45, 7) is 3.06. The number of carbonyl (C=O) groups is 1. The Hall–Kier alpha value is -2.69. The lowest BCUT2D eigenvalue weighted by Crippen LogP contribution is -2.44. The van der Waals surface area contributed by atoms with E-state index < -0.39 is 38.9 Å². The Labute approximate surface area is 201 Å². The molecule has 0 bridgehead atoms. The van der Waals surface area contributed by atoms with Crippen LogP contribution in [-0.2, 0) is 16.6 Å². The van der Waals surface area contributed by atoms with Gasteiger partial charge in [-0.25, -0.2) is 17.2 Å². The van der Waals surface area contributed by atoms with E-state index in [2.05, 4.69) is 10.3 Å². The molecule has 1 aliphatic rings. The molecule has 0 aliphatic carbocycles. The van der Waals surface area contributed by atoms with Gasteiger partial charge in [0, 0.05) is 23.7 Å². The van der Waals surface area contributed by atoms with Gasteiger partial charge in [0.05, 0.1) is 17.7 Å². The SMILES string of the molecule is CC(NC(=O)c1cncs1)c1cc(F)c(CN2[C@H](C)CC[C@@H](c3ccccc3)S2(=O)=O)cc1F. The Kier molecular flexibility index (Phi) is 7.11. The highest BCUT2D eigenvalue weighted by Gasteiger charge is 2.40. The number of amides is 1. The highest BCUT2D eigenvalue weighted by Crippen LogP contribution is 2.38. The van der Waals surface area contributed by atoms with Crippen molar-refractivity contribution in [3.8, 4) is 0 Å². The number of nitrogens with one attached hydrogen (secondary N) is 1. The van der Waals surface area contributed by atoms with Crippen LogP contribution in [0.25, 0.3) is 0 Å². The predicted molar refractivity (Wildman–Crippen MR) is 127 cm³/mol. The van der Waals surface area contributed by atoms with E-state index in [1.54, 1.807) is 38.1 Å². The quantitative estimate of drug-likeness (QED) is 0.513. The molecule has 10 heteroatoms. The molecule has 3 aromatic rings. The third-order valence-electron chi connectivity index (χ3n) is 6.16. The van der Waals surface area contributed by atoms with Gasteiger partial charge in [-0.2, -0.15) is 4.31 Å². The molecule has 1 N–H and O–H groups in total. The van der Waals surface area contributed by atoms with Gasteiger partial charge < -0.3 is 5.32 Å². The third kappa shape index (κ3) is 4.89. The molecule has 1 unspecified atom stereocenters. The summed E-state index contributed by atoms with van der Waals surface area (Å²) in [4.78, 5) is 16.4. The number of halogens is 2. The zero-order chi connectivity index (χ0) is 24.5. The first-order valence-corrected chi connectivity index (χ1v) is 13.3. The molecule has 1 saturated heterocycles. The predicted octanol–water partition coefficient (Wildman–Crippen LogP) is 4.97. The minimum Gasteiger partial charge on any atom is -0.345 e. The number of hydrogen-bond donors (Lipinski definition) is 1. The number of nitrogens with zero attached hydrogens (tertiary/aromatic N) is 2. The number of hydrogen-bond acceptors (Lipinski definition) is 5. The third-order valence-corrected chi connectivity index (χ3v) is 9.30. The summed E-state index contributed by atoms with van der Waals surface area (Å²) in [7, 11) is -3.78. The van der Waals surface area contributed by atoms with Crippen LogP contribution < -0.4 is 5.32 Å². The van der Waals surface area contributed by atoms with Crippen LogP contribution in [-0.4, -0.2) is 29.7 Å². The van der Waals surface area contributed by atoms with Crippen LogP contribution in [0.4, 0.5) is 8.78 Å². The molecule has 1 aliphatic heterocycles. The smallest absolute Gasteiger partial charge is 0.263 e. The molecule has 4 rings (SSSR count). The molecular weight excluding hydrogens is 480 g/mol. The van der Waals surface area contributed by atoms with Crippen molar-refractivity contribution in [3.05, 3.63) is 87.4 Å². The Morgan fingerprint density at radius 3 is 2.62 bits per heavy atom. The summed E-state index contributed by atoms with van der Waals surface area (Å²) >= 11 is 1.14. The average Bonchev–Trinajstić information content (AvgIpc) is 3.34. The van der Waals surface area contributed by atoms with Gasteiger partial charge in [-0.3, -0.25) is 9.78 Å². The second-order valence-electron chi connectivity index (χ2n) is 8.44. The van der Waals surface area contributed by atoms with Crippen molar-refractivity contribution in [3.63, 3.8) is 0 Å². The van der Waals surface area contributed by atoms with Crippen LogP contribution in [0.5, 0.6) is 0 Å². The van der Waals surface area contributed by atoms with Crippen LogP contribution >= 0.6 is 11.3 Å². The normalized spacial score (nSPS) is 21.2. The second kappa shape index (κ2) is 9.89. The monoisotopic (exact) mass is 505 g/mol. The van der Waals surface area contributed by atoms with Gasteiger partial charge in [-0.05, 0) is 44.4 Å². The van der Waals surface area contributed by atoms with Crippen molar-refractivity contribution in [2.75, 3.05) is 0 Å². The fourth-order valence-corrected chi connectivity index (χ4v) is 6.96. The molecular formula is C24H25F2N3O3S2. The highest BCUT2D eigenvalue weighted by molar-refractivity contribution is 7.89. The van der Waals surface area contributed by atoms with Crippen molar-refractivity contribution in [1.29, 1.82) is 0 Å². The maximum absolute atomic E-state index is 15.0. The van der Waals surface area contributed by atoms with E-state index in [4.69, 9.17) is 0 Å². The number of carbonyl (C=O) groups excluding carboxylic acids is 1. The molecule has 34 heavy (non-hydrogen) atoms. The van der Waals surface area contributed by atoms with E-state index in [1.165, 1.54) is 16.0 Å². The van der Waals surface area contributed by atoms with Crippen molar-refractivity contribution >= 4 is 27.3 Å². The summed E-state index contributed by atoms with van der Waals surface area (Å²) in [5.74, 6) is -1.87. The molecule has 0 saturated carbocycles. The lowest BCUT2D eigenvalue weighted by molar-refractivity contribution is 0.0943. The summed E-state index contributed by atoms with van der Waals surface area (Å²) in [6, 6.07) is 9.85. The van der Waals surface area contributed by atoms with Gasteiger partial charge in [0.15, 0.2) is 0 Å². The molecule has 1 aromatic heterocycles. The summed E-state index contributed by atoms with van der Waals surface area (Å²) in [6.07, 6.45) is 2.48. The molecule has 0 spiro atoms. The van der Waals surface area contributed by atoms with E-state index in [9.17, 15) is 17.6 Å². The number of benzene rings is 2. The fraction of sp³-hybridized carbons (Fsp3) is 0.333. The highest BCUT2D eigenvalue weighted by atomic mass is 32.2. The fourth-order valence-electron chi connectivity index (χ4n) is 4.25. The van der Waals surface area contributed by atoms with Gasteiger partial charge in [0.25, 0.3) is 5.91 Å². The average molecular weight is 506 g/mol. The molecule has 3 atom stereocenters. The van der Waals surface area contributed by atoms with Crippen molar-refractivity contribution < 1.29 is 22.0 Å². The van der Waals surface area contributed by atoms with E-state index in [0.717, 1.165) is 23.5 Å². The number of aromatic nitrogens is 1. The van der Waals surface area contributed by atoms with Gasteiger partial charge in [-0.1, -0.05) is 30.3 Å². The first-order valence-electron chi connectivity index (χ1n) is 10.9. The van der Waals surface area contributed by atoms with E-state index in [0.29, 0.717) is 23.3 Å². The topological polar surface area (TPSA) is 79.4 Å². The van der Waals surface area contributed by atoms with E-state index >= 15 is 4.39 Å². The minimum atomic E-state index is -3.78. The summed E-state index contributed by atoms with van der Waals surface area (Å²) in [5.41, 5.74) is 2.13. The Bertz CT molecular complexity index is 1270. The number of sulfonamides is 1. The van der Waals surface area contributed by atoms with E-state index in [1.807, 2.05) is 6.07 Å². The lowest BCUT2D eigenvalue weighted by Gasteiger charge is -2.37. The maximum Gasteiger partial charge on any atom is 0.263 e. The Morgan fingerprint density at radius 1 is 1.21 bits per heavy atom. The van der Waals surface area contributed by atoms with Gasteiger partial charge in [-0.15, -0.1) is 11.3 Å². The van der Waals surface area contributed by atoms with E-state index in [-0.39, 0.29) is 23.7 Å². The molecule has 0 radical (unpaired) electrons. The molecule has 180 valence electrons. The molecule has 2 aromatic carbocycles. The number of rotatable bonds is 6. The largest absolute Gasteiger partial charge is 0.345 e.